The molecule has 2 nitrogen and oxygen atoms in total. The fourth-order valence-electron chi connectivity index (χ4n) is 2.41. The number of nitrogens with two attached hydrogens (primary N) is 1. The maximum absolute atomic E-state index is 6.32. The fraction of sp³-hybridized carbons (Fsp3) is 0.294. The summed E-state index contributed by atoms with van der Waals surface area (Å²) < 4.78 is 0. The van der Waals surface area contributed by atoms with Crippen LogP contribution in [-0.2, 0) is 6.42 Å². The van der Waals surface area contributed by atoms with E-state index in [-0.39, 0.29) is 6.04 Å². The highest BCUT2D eigenvalue weighted by molar-refractivity contribution is 6.35. The monoisotopic (exact) mass is 322 g/mol. The number of hydrogen-bond donors (Lipinski definition) is 1. The predicted octanol–water partition coefficient (Wildman–Crippen LogP) is 4.69. The van der Waals surface area contributed by atoms with Crippen molar-refractivity contribution in [3.8, 4) is 0 Å². The van der Waals surface area contributed by atoms with Gasteiger partial charge in [0, 0.05) is 29.3 Å². The van der Waals surface area contributed by atoms with Crippen LogP contribution < -0.4 is 10.6 Å². The average Bonchev–Trinajstić information content (AvgIpc) is 2.50. The van der Waals surface area contributed by atoms with Crippen molar-refractivity contribution in [3.63, 3.8) is 0 Å². The van der Waals surface area contributed by atoms with Crippen LogP contribution in [0.1, 0.15) is 24.1 Å². The Labute approximate surface area is 136 Å². The summed E-state index contributed by atoms with van der Waals surface area (Å²) in [4.78, 5) is 2.15. The van der Waals surface area contributed by atoms with Crippen LogP contribution in [0.2, 0.25) is 10.0 Å². The summed E-state index contributed by atoms with van der Waals surface area (Å²) in [5.74, 6) is 0. The molecule has 0 heterocycles. The van der Waals surface area contributed by atoms with Gasteiger partial charge in [0.2, 0.25) is 0 Å². The van der Waals surface area contributed by atoms with Crippen molar-refractivity contribution in [1.82, 2.24) is 0 Å². The molecule has 2 N–H and O–H groups in total. The first-order chi connectivity index (χ1) is 10.1. The lowest BCUT2D eigenvalue weighted by Gasteiger charge is -2.30. The van der Waals surface area contributed by atoms with Gasteiger partial charge in [-0.3, -0.25) is 0 Å². The largest absolute Gasteiger partial charge is 0.366 e. The van der Waals surface area contributed by atoms with Crippen LogP contribution in [0.25, 0.3) is 0 Å². The molecule has 0 aliphatic carbocycles. The van der Waals surface area contributed by atoms with Crippen molar-refractivity contribution in [2.75, 3.05) is 18.5 Å². The number of nitrogens with zero attached hydrogens (tertiary/aromatic N) is 1. The van der Waals surface area contributed by atoms with Crippen molar-refractivity contribution < 1.29 is 0 Å². The number of halogens is 2. The summed E-state index contributed by atoms with van der Waals surface area (Å²) in [7, 11) is 2.03. The van der Waals surface area contributed by atoms with E-state index >= 15 is 0 Å². The summed E-state index contributed by atoms with van der Waals surface area (Å²) >= 11 is 12.3. The third-order valence-corrected chi connectivity index (χ3v) is 4.33. The topological polar surface area (TPSA) is 29.3 Å². The van der Waals surface area contributed by atoms with Crippen molar-refractivity contribution in [2.45, 2.75) is 19.4 Å². The number of anilines is 1. The number of likely N-dealkylation sites (N-methyl/N-ethyl adjacent to an activating group) is 1. The minimum atomic E-state index is 0.0160. The van der Waals surface area contributed by atoms with E-state index in [1.165, 1.54) is 5.56 Å². The van der Waals surface area contributed by atoms with Crippen molar-refractivity contribution in [3.05, 3.63) is 63.6 Å². The Balaban J connectivity index is 2.30. The normalized spacial score (nSPS) is 12.2. The fourth-order valence-corrected chi connectivity index (χ4v) is 2.95. The molecule has 0 fully saturated rings. The number of rotatable bonds is 5. The molecule has 4 heteroatoms. The molecule has 0 aliphatic rings. The van der Waals surface area contributed by atoms with Gasteiger partial charge < -0.3 is 10.6 Å². The minimum Gasteiger partial charge on any atom is -0.366 e. The second-order valence-corrected chi connectivity index (χ2v) is 5.89. The zero-order chi connectivity index (χ0) is 15.4. The maximum atomic E-state index is 6.32. The average molecular weight is 323 g/mol. The van der Waals surface area contributed by atoms with Gasteiger partial charge in [0.15, 0.2) is 0 Å². The highest BCUT2D eigenvalue weighted by atomic mass is 35.5. The maximum Gasteiger partial charge on any atom is 0.0676 e. The number of benzene rings is 2. The molecule has 0 saturated heterocycles. The molecule has 112 valence electrons. The van der Waals surface area contributed by atoms with E-state index in [9.17, 15) is 0 Å². The molecule has 2 rings (SSSR count). The molecular weight excluding hydrogens is 303 g/mol. The standard InChI is InChI=1S/C17H20Cl2N2/c1-3-12-4-7-14(8-5-12)21(2)17(11-20)15-9-6-13(18)10-16(15)19/h4-10,17H,3,11,20H2,1-2H3. The predicted molar refractivity (Wildman–Crippen MR) is 92.5 cm³/mol. The highest BCUT2D eigenvalue weighted by Gasteiger charge is 2.18. The molecule has 0 aromatic heterocycles. The van der Waals surface area contributed by atoms with Crippen molar-refractivity contribution in [1.29, 1.82) is 0 Å². The van der Waals surface area contributed by atoms with E-state index in [0.717, 1.165) is 17.7 Å². The Morgan fingerprint density at radius 2 is 1.76 bits per heavy atom. The molecule has 0 spiro atoms. The van der Waals surface area contributed by atoms with Crippen LogP contribution in [0.5, 0.6) is 0 Å². The van der Waals surface area contributed by atoms with Crippen LogP contribution >= 0.6 is 23.2 Å². The lowest BCUT2D eigenvalue weighted by atomic mass is 10.0. The molecular formula is C17H20Cl2N2. The molecule has 1 atom stereocenters. The Morgan fingerprint density at radius 1 is 1.10 bits per heavy atom. The SMILES string of the molecule is CCc1ccc(N(C)C(CN)c2ccc(Cl)cc2Cl)cc1. The van der Waals surface area contributed by atoms with Crippen LogP contribution in [-0.4, -0.2) is 13.6 Å². The van der Waals surface area contributed by atoms with Gasteiger partial charge in [-0.05, 0) is 41.8 Å². The molecule has 0 amide bonds. The Bertz CT molecular complexity index is 596. The number of aryl methyl sites for hydroxylation is 1. The molecule has 1 unspecified atom stereocenters. The highest BCUT2D eigenvalue weighted by Crippen LogP contribution is 2.31. The summed E-state index contributed by atoms with van der Waals surface area (Å²) in [6.45, 7) is 2.63. The van der Waals surface area contributed by atoms with Crippen LogP contribution in [0.3, 0.4) is 0 Å². The first-order valence-electron chi connectivity index (χ1n) is 7.03. The molecule has 21 heavy (non-hydrogen) atoms. The first-order valence-corrected chi connectivity index (χ1v) is 7.79. The molecule has 0 radical (unpaired) electrons. The van der Waals surface area contributed by atoms with Gasteiger partial charge in [0.05, 0.1) is 6.04 Å². The lowest BCUT2D eigenvalue weighted by Crippen LogP contribution is -2.30. The smallest absolute Gasteiger partial charge is 0.0676 e. The molecule has 0 bridgehead atoms. The molecule has 2 aromatic rings. The number of hydrogen-bond acceptors (Lipinski definition) is 2. The van der Waals surface area contributed by atoms with E-state index in [4.69, 9.17) is 28.9 Å². The molecule has 0 saturated carbocycles. The zero-order valence-corrected chi connectivity index (χ0v) is 13.8. The lowest BCUT2D eigenvalue weighted by molar-refractivity contribution is 0.681. The van der Waals surface area contributed by atoms with Gasteiger partial charge in [-0.1, -0.05) is 48.3 Å². The van der Waals surface area contributed by atoms with Gasteiger partial charge >= 0.3 is 0 Å². The Hall–Kier alpha value is -1.22. The second kappa shape index (κ2) is 7.17. The molecule has 2 aromatic carbocycles. The van der Waals surface area contributed by atoms with Gasteiger partial charge in [-0.15, -0.1) is 0 Å². The Kier molecular flexibility index (Phi) is 5.51. The second-order valence-electron chi connectivity index (χ2n) is 5.05. The van der Waals surface area contributed by atoms with Crippen molar-refractivity contribution in [2.24, 2.45) is 5.73 Å². The van der Waals surface area contributed by atoms with Gasteiger partial charge in [-0.25, -0.2) is 0 Å². The van der Waals surface area contributed by atoms with Gasteiger partial charge in [0.25, 0.3) is 0 Å². The third kappa shape index (κ3) is 3.70. The summed E-state index contributed by atoms with van der Waals surface area (Å²) in [6.07, 6.45) is 1.04. The van der Waals surface area contributed by atoms with E-state index in [0.29, 0.717) is 16.6 Å². The summed E-state index contributed by atoms with van der Waals surface area (Å²) in [5, 5.41) is 1.28. The third-order valence-electron chi connectivity index (χ3n) is 3.76. The van der Waals surface area contributed by atoms with Crippen molar-refractivity contribution >= 4 is 28.9 Å². The Morgan fingerprint density at radius 3 is 2.29 bits per heavy atom. The molecule has 0 aliphatic heterocycles. The summed E-state index contributed by atoms with van der Waals surface area (Å²) in [6, 6.07) is 14.1. The van der Waals surface area contributed by atoms with E-state index in [1.807, 2.05) is 19.2 Å². The first kappa shape index (κ1) is 16.2. The van der Waals surface area contributed by atoms with E-state index in [1.54, 1.807) is 6.07 Å². The van der Waals surface area contributed by atoms with E-state index in [2.05, 4.69) is 36.1 Å². The minimum absolute atomic E-state index is 0.0160. The van der Waals surface area contributed by atoms with Gasteiger partial charge in [-0.2, -0.15) is 0 Å². The van der Waals surface area contributed by atoms with E-state index < -0.39 is 0 Å². The summed E-state index contributed by atoms with van der Waals surface area (Å²) in [5.41, 5.74) is 9.40. The van der Waals surface area contributed by atoms with Crippen LogP contribution in [0.15, 0.2) is 42.5 Å². The zero-order valence-electron chi connectivity index (χ0n) is 12.3. The van der Waals surface area contributed by atoms with Crippen LogP contribution in [0.4, 0.5) is 5.69 Å². The van der Waals surface area contributed by atoms with Gasteiger partial charge in [0.1, 0.15) is 0 Å². The quantitative estimate of drug-likeness (QED) is 0.865. The van der Waals surface area contributed by atoms with Crippen LogP contribution in [0, 0.1) is 0 Å².